The largest absolute Gasteiger partial charge is 0.271 e. The second-order valence-electron chi connectivity index (χ2n) is 4.48. The van der Waals surface area contributed by atoms with Gasteiger partial charge in [0.15, 0.2) is 0 Å². The number of aryl methyl sites for hydroxylation is 1. The van der Waals surface area contributed by atoms with E-state index in [1.807, 2.05) is 6.92 Å². The van der Waals surface area contributed by atoms with Crippen molar-refractivity contribution in [2.24, 2.45) is 5.84 Å². The minimum atomic E-state index is -0.846. The first-order valence-corrected chi connectivity index (χ1v) is 7.90. The van der Waals surface area contributed by atoms with Crippen LogP contribution in [0.3, 0.4) is 0 Å². The monoisotopic (exact) mass is 422 g/mol. The number of hydrogen-bond acceptors (Lipinski definition) is 3. The van der Waals surface area contributed by atoms with Gasteiger partial charge >= 0.3 is 0 Å². The Morgan fingerprint density at radius 2 is 1.95 bits per heavy atom. The van der Waals surface area contributed by atoms with Crippen LogP contribution < -0.4 is 11.3 Å². The van der Waals surface area contributed by atoms with E-state index in [1.165, 1.54) is 12.1 Å². The van der Waals surface area contributed by atoms with Crippen molar-refractivity contribution in [1.29, 1.82) is 0 Å². The highest BCUT2D eigenvalue weighted by molar-refractivity contribution is 9.10. The van der Waals surface area contributed by atoms with Crippen molar-refractivity contribution in [2.75, 3.05) is 0 Å². The summed E-state index contributed by atoms with van der Waals surface area (Å²) in [7, 11) is 0. The van der Waals surface area contributed by atoms with Crippen LogP contribution in [0.4, 0.5) is 8.78 Å². The highest BCUT2D eigenvalue weighted by Gasteiger charge is 2.26. The molecule has 1 heterocycles. The van der Waals surface area contributed by atoms with Crippen LogP contribution in [-0.2, 0) is 6.54 Å². The van der Waals surface area contributed by atoms with Gasteiger partial charge in [-0.2, -0.15) is 5.10 Å². The Hall–Kier alpha value is -0.830. The molecule has 0 fully saturated rings. The van der Waals surface area contributed by atoms with E-state index in [9.17, 15) is 8.78 Å². The molecule has 4 nitrogen and oxygen atoms in total. The van der Waals surface area contributed by atoms with Crippen LogP contribution in [0.25, 0.3) is 0 Å². The fourth-order valence-electron chi connectivity index (χ4n) is 2.18. The molecule has 1 aromatic heterocycles. The lowest BCUT2D eigenvalue weighted by Crippen LogP contribution is -2.32. The van der Waals surface area contributed by atoms with Gasteiger partial charge in [0, 0.05) is 16.6 Å². The van der Waals surface area contributed by atoms with E-state index in [4.69, 9.17) is 5.84 Å². The average Bonchev–Trinajstić information content (AvgIpc) is 2.75. The zero-order valence-electron chi connectivity index (χ0n) is 11.2. The summed E-state index contributed by atoms with van der Waals surface area (Å²) >= 11 is 6.42. The third kappa shape index (κ3) is 3.33. The zero-order valence-corrected chi connectivity index (χ0v) is 14.4. The first-order chi connectivity index (χ1) is 9.99. The van der Waals surface area contributed by atoms with Crippen LogP contribution in [0.5, 0.6) is 0 Å². The fraction of sp³-hybridized carbons (Fsp3) is 0.308. The zero-order chi connectivity index (χ0) is 15.6. The topological polar surface area (TPSA) is 55.9 Å². The Kier molecular flexibility index (Phi) is 5.48. The summed E-state index contributed by atoms with van der Waals surface area (Å²) in [5.74, 6) is 4.19. The number of nitrogens with one attached hydrogen (secondary N) is 1. The average molecular weight is 424 g/mol. The van der Waals surface area contributed by atoms with E-state index in [-0.39, 0.29) is 5.56 Å². The molecule has 2 rings (SSSR count). The molecule has 0 aliphatic rings. The second kappa shape index (κ2) is 6.95. The van der Waals surface area contributed by atoms with Crippen LogP contribution in [-0.4, -0.2) is 9.78 Å². The van der Waals surface area contributed by atoms with Gasteiger partial charge in [0.2, 0.25) is 0 Å². The van der Waals surface area contributed by atoms with Crippen molar-refractivity contribution in [3.05, 3.63) is 50.2 Å². The van der Waals surface area contributed by atoms with E-state index >= 15 is 0 Å². The molecule has 1 aromatic carbocycles. The molecule has 0 aliphatic carbocycles. The lowest BCUT2D eigenvalue weighted by molar-refractivity contribution is 0.474. The number of hydrazine groups is 1. The van der Waals surface area contributed by atoms with Gasteiger partial charge in [0.1, 0.15) is 11.6 Å². The Bertz CT molecular complexity index is 622. The first-order valence-electron chi connectivity index (χ1n) is 6.31. The van der Waals surface area contributed by atoms with Crippen molar-refractivity contribution < 1.29 is 8.78 Å². The van der Waals surface area contributed by atoms with E-state index in [2.05, 4.69) is 42.4 Å². The van der Waals surface area contributed by atoms with E-state index in [1.54, 1.807) is 10.9 Å². The molecule has 1 unspecified atom stereocenters. The van der Waals surface area contributed by atoms with Gasteiger partial charge in [-0.25, -0.2) is 14.2 Å². The Balaban J connectivity index is 2.58. The number of benzene rings is 1. The van der Waals surface area contributed by atoms with Gasteiger partial charge in [0.25, 0.3) is 0 Å². The molecular formula is C13H14Br2F2N4. The number of rotatable bonds is 5. The summed E-state index contributed by atoms with van der Waals surface area (Å²) in [6.45, 7) is 2.62. The van der Waals surface area contributed by atoms with Gasteiger partial charge in [-0.3, -0.25) is 10.5 Å². The van der Waals surface area contributed by atoms with Crippen molar-refractivity contribution >= 4 is 31.9 Å². The molecular weight excluding hydrogens is 410 g/mol. The van der Waals surface area contributed by atoms with Gasteiger partial charge in [-0.1, -0.05) is 22.9 Å². The molecule has 0 radical (unpaired) electrons. The molecule has 0 saturated carbocycles. The molecule has 21 heavy (non-hydrogen) atoms. The molecule has 114 valence electrons. The minimum absolute atomic E-state index is 0.140. The van der Waals surface area contributed by atoms with Crippen LogP contribution in [0.15, 0.2) is 27.3 Å². The van der Waals surface area contributed by atoms with E-state index in [0.29, 0.717) is 21.2 Å². The summed E-state index contributed by atoms with van der Waals surface area (Å²) in [4.78, 5) is 0. The number of aromatic nitrogens is 2. The standard InChI is InChI=1S/C13H14Br2F2N4/c1-2-3-21-13(8(15)6-19-21)12(20-18)11-9(16)4-7(14)5-10(11)17/h4-6,12,20H,2-3,18H2,1H3. The molecule has 0 amide bonds. The van der Waals surface area contributed by atoms with Crippen molar-refractivity contribution in [3.63, 3.8) is 0 Å². The second-order valence-corrected chi connectivity index (χ2v) is 6.25. The third-order valence-corrected chi connectivity index (χ3v) is 4.11. The Morgan fingerprint density at radius 1 is 1.33 bits per heavy atom. The van der Waals surface area contributed by atoms with Gasteiger partial charge in [-0.05, 0) is 34.5 Å². The molecule has 3 N–H and O–H groups in total. The van der Waals surface area contributed by atoms with Crippen molar-refractivity contribution in [2.45, 2.75) is 25.9 Å². The van der Waals surface area contributed by atoms with Gasteiger partial charge in [0.05, 0.1) is 22.4 Å². The van der Waals surface area contributed by atoms with E-state index < -0.39 is 17.7 Å². The predicted octanol–water partition coefficient (Wildman–Crippen LogP) is 3.65. The predicted molar refractivity (Wildman–Crippen MR) is 83.4 cm³/mol. The molecule has 0 aliphatic heterocycles. The minimum Gasteiger partial charge on any atom is -0.271 e. The number of nitrogens with two attached hydrogens (primary N) is 1. The summed E-state index contributed by atoms with van der Waals surface area (Å²) in [6, 6.07) is 1.57. The molecule has 0 saturated heterocycles. The van der Waals surface area contributed by atoms with Crippen molar-refractivity contribution in [3.8, 4) is 0 Å². The molecule has 1 atom stereocenters. The third-order valence-electron chi connectivity index (χ3n) is 3.04. The number of halogens is 4. The number of hydrogen-bond donors (Lipinski definition) is 2. The first kappa shape index (κ1) is 16.5. The van der Waals surface area contributed by atoms with Crippen molar-refractivity contribution in [1.82, 2.24) is 15.2 Å². The van der Waals surface area contributed by atoms with Gasteiger partial charge < -0.3 is 0 Å². The quantitative estimate of drug-likeness (QED) is 0.570. The van der Waals surface area contributed by atoms with Crippen LogP contribution in [0.2, 0.25) is 0 Å². The summed E-state index contributed by atoms with van der Waals surface area (Å²) in [5, 5.41) is 4.20. The fourth-order valence-corrected chi connectivity index (χ4v) is 3.10. The summed E-state index contributed by atoms with van der Waals surface area (Å²) < 4.78 is 31.0. The maximum Gasteiger partial charge on any atom is 0.132 e. The number of nitrogens with zero attached hydrogens (tertiary/aromatic N) is 2. The lowest BCUT2D eigenvalue weighted by atomic mass is 10.0. The van der Waals surface area contributed by atoms with Crippen LogP contribution in [0, 0.1) is 11.6 Å². The summed E-state index contributed by atoms with van der Waals surface area (Å²) in [6.07, 6.45) is 2.42. The Labute approximate surface area is 137 Å². The lowest BCUT2D eigenvalue weighted by Gasteiger charge is -2.20. The molecule has 8 heteroatoms. The van der Waals surface area contributed by atoms with E-state index in [0.717, 1.165) is 6.42 Å². The van der Waals surface area contributed by atoms with Crippen LogP contribution >= 0.6 is 31.9 Å². The van der Waals surface area contributed by atoms with Crippen LogP contribution in [0.1, 0.15) is 30.6 Å². The maximum atomic E-state index is 14.2. The highest BCUT2D eigenvalue weighted by atomic mass is 79.9. The normalized spacial score (nSPS) is 12.7. The van der Waals surface area contributed by atoms with Gasteiger partial charge in [-0.15, -0.1) is 0 Å². The summed E-state index contributed by atoms with van der Waals surface area (Å²) in [5.41, 5.74) is 2.92. The molecule has 0 spiro atoms. The molecule has 2 aromatic rings. The molecule has 0 bridgehead atoms. The maximum absolute atomic E-state index is 14.2. The Morgan fingerprint density at radius 3 is 2.48 bits per heavy atom. The highest BCUT2D eigenvalue weighted by Crippen LogP contribution is 2.32. The SMILES string of the molecule is CCCn1ncc(Br)c1C(NN)c1c(F)cc(Br)cc1F. The smallest absolute Gasteiger partial charge is 0.132 e.